The van der Waals surface area contributed by atoms with Gasteiger partial charge in [-0.1, -0.05) is 51.3 Å². The zero-order valence-electron chi connectivity index (χ0n) is 24.0. The van der Waals surface area contributed by atoms with Crippen molar-refractivity contribution in [2.75, 3.05) is 18.0 Å². The van der Waals surface area contributed by atoms with Gasteiger partial charge in [0.2, 0.25) is 11.9 Å². The zero-order chi connectivity index (χ0) is 31.8. The number of imidazole rings is 1. The van der Waals surface area contributed by atoms with Gasteiger partial charge in [-0.15, -0.1) is 0 Å². The minimum absolute atomic E-state index is 0.126. The standard InChI is InChI=1S/C29H30BrCl2N9O3/c1-16(26(43)39-9-3-4-18(15-39)24(33)37-38-34)36-25(42)23-14-35-28-40(22-11-20(31)10-21(32)12-22)27(44)29(2,41(23)28)13-17-5-7-19(30)8-6-17/h5-8,10-12,14,16,18H,3-4,9,13,15H2,1-2H3,(H,36,42)(H3,33,34,37)/p+1/t16-,18+,29+/m0/s1. The summed E-state index contributed by atoms with van der Waals surface area (Å²) in [6.45, 7) is 4.22. The zero-order valence-corrected chi connectivity index (χ0v) is 27.1. The number of anilines is 2. The third-order valence-electron chi connectivity index (χ3n) is 7.94. The number of rotatable bonds is 7. The predicted molar refractivity (Wildman–Crippen MR) is 170 cm³/mol. The van der Waals surface area contributed by atoms with Crippen LogP contribution in [0.2, 0.25) is 10.0 Å². The Bertz CT molecular complexity index is 1640. The number of piperidine rings is 1. The van der Waals surface area contributed by atoms with Gasteiger partial charge in [-0.05, 0) is 62.6 Å². The lowest BCUT2D eigenvalue weighted by Gasteiger charge is -2.32. The van der Waals surface area contributed by atoms with Crippen LogP contribution in [0.3, 0.4) is 0 Å². The number of likely N-dealkylation sites (tertiary alicyclic amines) is 1. The number of carbonyl (C=O) groups excluding carboxylic acids is 3. The summed E-state index contributed by atoms with van der Waals surface area (Å²) in [4.78, 5) is 48.9. The summed E-state index contributed by atoms with van der Waals surface area (Å²) in [5, 5.41) is 16.4. The van der Waals surface area contributed by atoms with E-state index in [-0.39, 0.29) is 41.6 Å². The third-order valence-corrected chi connectivity index (χ3v) is 8.91. The highest BCUT2D eigenvalue weighted by atomic mass is 79.9. The first-order valence-corrected chi connectivity index (χ1v) is 15.4. The Morgan fingerprint density at radius 1 is 1.23 bits per heavy atom. The maximum Gasteiger partial charge on any atom is 0.324 e. The Labute approximate surface area is 272 Å². The van der Waals surface area contributed by atoms with Gasteiger partial charge in [-0.25, -0.2) is 9.88 Å². The topological polar surface area (TPSA) is 164 Å². The molecule has 1 aromatic heterocycles. The molecule has 0 radical (unpaired) electrons. The fourth-order valence-corrected chi connectivity index (χ4v) is 6.58. The van der Waals surface area contributed by atoms with Crippen molar-refractivity contribution in [1.29, 1.82) is 0 Å². The van der Waals surface area contributed by atoms with E-state index >= 15 is 0 Å². The fourth-order valence-electron chi connectivity index (χ4n) is 5.80. The number of amidine groups is 1. The monoisotopic (exact) mass is 702 g/mol. The van der Waals surface area contributed by atoms with Crippen LogP contribution >= 0.6 is 39.1 Å². The van der Waals surface area contributed by atoms with Crippen molar-refractivity contribution in [3.8, 4) is 0 Å². The molecule has 2 aromatic carbocycles. The molecule has 2 aliphatic rings. The van der Waals surface area contributed by atoms with Gasteiger partial charge in [-0.3, -0.25) is 30.2 Å². The van der Waals surface area contributed by atoms with Gasteiger partial charge < -0.3 is 10.2 Å². The molecule has 0 unspecified atom stereocenters. The van der Waals surface area contributed by atoms with E-state index in [1.54, 1.807) is 41.5 Å². The van der Waals surface area contributed by atoms with E-state index in [2.05, 4.69) is 36.6 Å². The number of carbonyl (C=O) groups is 3. The first-order valence-electron chi connectivity index (χ1n) is 13.9. The number of fused-ring (bicyclic) bond motifs is 1. The quantitative estimate of drug-likeness (QED) is 0.113. The minimum atomic E-state index is -1.25. The molecule has 0 bridgehead atoms. The van der Waals surface area contributed by atoms with E-state index in [1.807, 2.05) is 24.3 Å². The summed E-state index contributed by atoms with van der Waals surface area (Å²) in [5.74, 6) is 4.30. The third kappa shape index (κ3) is 6.08. The molecule has 1 fully saturated rings. The van der Waals surface area contributed by atoms with Crippen LogP contribution in [0.1, 0.15) is 42.7 Å². The highest BCUT2D eigenvalue weighted by Crippen LogP contribution is 2.43. The summed E-state index contributed by atoms with van der Waals surface area (Å²) in [7, 11) is 0. The molecule has 44 heavy (non-hydrogen) atoms. The van der Waals surface area contributed by atoms with E-state index in [9.17, 15) is 14.4 Å². The van der Waals surface area contributed by atoms with Crippen LogP contribution in [0, 0.1) is 5.92 Å². The summed E-state index contributed by atoms with van der Waals surface area (Å²) < 4.78 is 2.51. The van der Waals surface area contributed by atoms with Crippen molar-refractivity contribution in [2.45, 2.75) is 44.7 Å². The molecule has 230 valence electrons. The second-order valence-corrected chi connectivity index (χ2v) is 12.9. The predicted octanol–water partition coefficient (Wildman–Crippen LogP) is 3.43. The fraction of sp³-hybridized carbons (Fsp3) is 0.345. The van der Waals surface area contributed by atoms with Gasteiger partial charge in [0.1, 0.15) is 17.3 Å². The number of aromatic nitrogens is 2. The number of nitrogens with one attached hydrogen (secondary N) is 1. The molecule has 3 heterocycles. The summed E-state index contributed by atoms with van der Waals surface area (Å²) in [6, 6.07) is 11.5. The van der Waals surface area contributed by atoms with Crippen molar-refractivity contribution in [1.82, 2.24) is 19.8 Å². The van der Waals surface area contributed by atoms with Crippen LogP contribution in [0.4, 0.5) is 11.6 Å². The molecule has 2 aliphatic heterocycles. The number of hydrogen-bond acceptors (Lipinski definition) is 5. The molecule has 1 saturated heterocycles. The highest BCUT2D eigenvalue weighted by molar-refractivity contribution is 9.10. The second-order valence-electron chi connectivity index (χ2n) is 11.1. The maximum absolute atomic E-state index is 14.2. The van der Waals surface area contributed by atoms with E-state index in [1.165, 1.54) is 11.1 Å². The normalized spacial score (nSPS) is 20.6. The van der Waals surface area contributed by atoms with Gasteiger partial charge in [0, 0.05) is 39.3 Å². The van der Waals surface area contributed by atoms with Gasteiger partial charge in [0.25, 0.3) is 11.8 Å². The van der Waals surface area contributed by atoms with Crippen LogP contribution in [0.5, 0.6) is 0 Å². The van der Waals surface area contributed by atoms with Crippen LogP contribution < -0.4 is 21.5 Å². The van der Waals surface area contributed by atoms with Crippen LogP contribution in [0.15, 0.2) is 63.5 Å². The first kappa shape index (κ1) is 31.6. The lowest BCUT2D eigenvalue weighted by atomic mass is 9.91. The average molecular weight is 704 g/mol. The van der Waals surface area contributed by atoms with E-state index in [4.69, 9.17) is 34.5 Å². The van der Waals surface area contributed by atoms with Gasteiger partial charge >= 0.3 is 5.84 Å². The molecular formula is C29H31BrCl2N9O3+. The lowest BCUT2D eigenvalue weighted by Crippen LogP contribution is -2.54. The molecule has 3 amide bonds. The Morgan fingerprint density at radius 2 is 1.91 bits per heavy atom. The molecule has 3 aromatic rings. The summed E-state index contributed by atoms with van der Waals surface area (Å²) >= 11 is 16.0. The van der Waals surface area contributed by atoms with Gasteiger partial charge in [-0.2, -0.15) is 0 Å². The summed E-state index contributed by atoms with van der Waals surface area (Å²) in [6.07, 6.45) is 3.12. The molecule has 5 N–H and O–H groups in total. The molecule has 0 aliphatic carbocycles. The molecule has 0 saturated carbocycles. The van der Waals surface area contributed by atoms with Crippen molar-refractivity contribution in [3.63, 3.8) is 0 Å². The van der Waals surface area contributed by atoms with Crippen LogP contribution in [-0.4, -0.2) is 57.1 Å². The van der Waals surface area contributed by atoms with Gasteiger partial charge in [0.15, 0.2) is 0 Å². The first-order chi connectivity index (χ1) is 20.9. The number of nitrogens with two attached hydrogens (primary N) is 2. The Morgan fingerprint density at radius 3 is 2.57 bits per heavy atom. The van der Waals surface area contributed by atoms with E-state index in [0.717, 1.165) is 16.5 Å². The number of halogens is 3. The molecule has 12 nitrogen and oxygen atoms in total. The molecule has 5 rings (SSSR count). The molecular weight excluding hydrogens is 673 g/mol. The number of benzene rings is 2. The Kier molecular flexibility index (Phi) is 9.10. The molecule has 15 heteroatoms. The average Bonchev–Trinajstić information content (AvgIpc) is 3.51. The van der Waals surface area contributed by atoms with Crippen LogP contribution in [-0.2, 0) is 21.5 Å². The smallest absolute Gasteiger partial charge is 0.324 e. The lowest BCUT2D eigenvalue weighted by molar-refractivity contribution is -0.136. The SMILES string of the molecule is C[C@H](NC(=O)c1cnc2n1[C@](C)(Cc1ccc(Br)cc1)C(=O)N2c1cc(Cl)cc(Cl)c1)C(=O)N1CCC[C@@H](C(=[NH2+])N=NN)C1. The van der Waals surface area contributed by atoms with E-state index < -0.39 is 17.5 Å². The van der Waals surface area contributed by atoms with E-state index in [0.29, 0.717) is 35.2 Å². The van der Waals surface area contributed by atoms with Crippen molar-refractivity contribution in [2.24, 2.45) is 22.1 Å². The largest absolute Gasteiger partial charge is 0.340 e. The van der Waals surface area contributed by atoms with Crippen molar-refractivity contribution >= 4 is 74.3 Å². The van der Waals surface area contributed by atoms with Crippen molar-refractivity contribution < 1.29 is 19.8 Å². The van der Waals surface area contributed by atoms with Gasteiger partial charge in [0.05, 0.1) is 22.9 Å². The van der Waals surface area contributed by atoms with Crippen molar-refractivity contribution in [3.05, 3.63) is 74.4 Å². The highest BCUT2D eigenvalue weighted by Gasteiger charge is 2.51. The number of hydrogen-bond donors (Lipinski definition) is 3. The number of nitrogens with zero attached hydrogens (tertiary/aromatic N) is 6. The Balaban J connectivity index is 1.45. The van der Waals surface area contributed by atoms with Crippen LogP contribution in [0.25, 0.3) is 0 Å². The second kappa shape index (κ2) is 12.7. The Hall–Kier alpha value is -3.81. The minimum Gasteiger partial charge on any atom is -0.340 e. The molecule has 3 atom stereocenters. The molecule has 0 spiro atoms. The number of amides is 3. The summed E-state index contributed by atoms with van der Waals surface area (Å²) in [5.41, 5.74) is 0.161. The maximum atomic E-state index is 14.2.